The number of ether oxygens (including phenoxy) is 1. The SMILES string of the molecule is CC(OC(=O)CN1CCN(C)C(=O)C1)C(=O)Nc1ccc([N+](=O)[O-])cc1Cl. The van der Waals surface area contributed by atoms with Gasteiger partial charge < -0.3 is 15.0 Å². The van der Waals surface area contributed by atoms with E-state index in [9.17, 15) is 24.5 Å². The second-order valence-electron chi connectivity index (χ2n) is 6.07. The predicted octanol–water partition coefficient (Wildman–Crippen LogP) is 0.892. The van der Waals surface area contributed by atoms with E-state index in [0.717, 1.165) is 6.07 Å². The number of nitro benzene ring substituents is 1. The van der Waals surface area contributed by atoms with E-state index in [1.807, 2.05) is 0 Å². The first-order chi connectivity index (χ1) is 12.7. The number of hydrogen-bond donors (Lipinski definition) is 1. The number of likely N-dealkylation sites (N-methyl/N-ethyl adjacent to an activating group) is 1. The zero-order valence-electron chi connectivity index (χ0n) is 14.8. The van der Waals surface area contributed by atoms with Gasteiger partial charge in [-0.2, -0.15) is 0 Å². The van der Waals surface area contributed by atoms with Gasteiger partial charge in [0.25, 0.3) is 11.6 Å². The Morgan fingerprint density at radius 2 is 2.11 bits per heavy atom. The van der Waals surface area contributed by atoms with Crippen LogP contribution in [0.5, 0.6) is 0 Å². The number of carbonyl (C=O) groups is 3. The number of esters is 1. The first-order valence-electron chi connectivity index (χ1n) is 8.08. The molecule has 1 N–H and O–H groups in total. The Hall–Kier alpha value is -2.72. The van der Waals surface area contributed by atoms with E-state index in [1.54, 1.807) is 16.8 Å². The average molecular weight is 399 g/mol. The van der Waals surface area contributed by atoms with E-state index in [2.05, 4.69) is 5.32 Å². The molecule has 27 heavy (non-hydrogen) atoms. The Morgan fingerprint density at radius 1 is 1.41 bits per heavy atom. The van der Waals surface area contributed by atoms with Crippen LogP contribution in [0.2, 0.25) is 5.02 Å². The zero-order chi connectivity index (χ0) is 20.1. The third-order valence-electron chi connectivity index (χ3n) is 3.99. The Labute approximate surface area is 160 Å². The van der Waals surface area contributed by atoms with Crippen LogP contribution < -0.4 is 5.32 Å². The molecule has 1 aliphatic heterocycles. The van der Waals surface area contributed by atoms with Crippen LogP contribution in [0.15, 0.2) is 18.2 Å². The third kappa shape index (κ3) is 5.63. The Balaban J connectivity index is 1.87. The van der Waals surface area contributed by atoms with Crippen molar-refractivity contribution in [2.45, 2.75) is 13.0 Å². The van der Waals surface area contributed by atoms with Gasteiger partial charge in [0.2, 0.25) is 5.91 Å². The first-order valence-corrected chi connectivity index (χ1v) is 8.45. The molecule has 0 saturated carbocycles. The molecule has 11 heteroatoms. The van der Waals surface area contributed by atoms with Crippen molar-refractivity contribution < 1.29 is 24.0 Å². The molecular formula is C16H19ClN4O6. The molecule has 1 atom stereocenters. The predicted molar refractivity (Wildman–Crippen MR) is 96.4 cm³/mol. The molecule has 0 aromatic heterocycles. The number of piperazine rings is 1. The molecule has 2 rings (SSSR count). The summed E-state index contributed by atoms with van der Waals surface area (Å²) < 4.78 is 5.08. The minimum absolute atomic E-state index is 0.00738. The minimum Gasteiger partial charge on any atom is -0.452 e. The van der Waals surface area contributed by atoms with Gasteiger partial charge in [0, 0.05) is 32.3 Å². The van der Waals surface area contributed by atoms with Gasteiger partial charge in [-0.3, -0.25) is 29.4 Å². The maximum atomic E-state index is 12.2. The highest BCUT2D eigenvalue weighted by molar-refractivity contribution is 6.34. The fourth-order valence-electron chi connectivity index (χ4n) is 2.37. The molecule has 1 unspecified atom stereocenters. The molecule has 10 nitrogen and oxygen atoms in total. The molecule has 1 fully saturated rings. The van der Waals surface area contributed by atoms with Crippen LogP contribution in [0, 0.1) is 10.1 Å². The van der Waals surface area contributed by atoms with Crippen molar-refractivity contribution in [3.63, 3.8) is 0 Å². The number of halogens is 1. The second kappa shape index (κ2) is 8.78. The fraction of sp³-hybridized carbons (Fsp3) is 0.438. The normalized spacial score (nSPS) is 16.0. The van der Waals surface area contributed by atoms with Crippen molar-refractivity contribution >= 4 is 40.8 Å². The number of nitrogens with zero attached hydrogens (tertiary/aromatic N) is 3. The average Bonchev–Trinajstić information content (AvgIpc) is 2.59. The van der Waals surface area contributed by atoms with E-state index < -0.39 is 22.9 Å². The lowest BCUT2D eigenvalue weighted by Gasteiger charge is -2.31. The number of rotatable bonds is 6. The van der Waals surface area contributed by atoms with Crippen LogP contribution in [-0.4, -0.2) is 71.8 Å². The summed E-state index contributed by atoms with van der Waals surface area (Å²) in [6, 6.07) is 3.60. The summed E-state index contributed by atoms with van der Waals surface area (Å²) in [5.41, 5.74) is -0.0426. The summed E-state index contributed by atoms with van der Waals surface area (Å²) >= 11 is 5.91. The smallest absolute Gasteiger partial charge is 0.320 e. The van der Waals surface area contributed by atoms with Crippen LogP contribution in [-0.2, 0) is 19.1 Å². The summed E-state index contributed by atoms with van der Waals surface area (Å²) in [6.07, 6.45) is -1.10. The third-order valence-corrected chi connectivity index (χ3v) is 4.30. The molecule has 0 bridgehead atoms. The quantitative estimate of drug-likeness (QED) is 0.429. The van der Waals surface area contributed by atoms with Gasteiger partial charge in [0.15, 0.2) is 6.10 Å². The maximum absolute atomic E-state index is 12.2. The molecule has 1 saturated heterocycles. The summed E-state index contributed by atoms with van der Waals surface area (Å²) in [6.45, 7) is 2.46. The number of benzene rings is 1. The second-order valence-corrected chi connectivity index (χ2v) is 6.48. The van der Waals surface area contributed by atoms with Gasteiger partial charge in [-0.25, -0.2) is 0 Å². The first kappa shape index (κ1) is 20.6. The number of nitrogens with one attached hydrogen (secondary N) is 1. The molecule has 1 aromatic carbocycles. The van der Waals surface area contributed by atoms with E-state index in [0.29, 0.717) is 13.1 Å². The Bertz CT molecular complexity index is 771. The number of nitro groups is 1. The topological polar surface area (TPSA) is 122 Å². The highest BCUT2D eigenvalue weighted by atomic mass is 35.5. The maximum Gasteiger partial charge on any atom is 0.320 e. The molecule has 0 radical (unpaired) electrons. The van der Waals surface area contributed by atoms with Crippen molar-refractivity contribution in [3.05, 3.63) is 33.3 Å². The number of amides is 2. The largest absolute Gasteiger partial charge is 0.452 e. The lowest BCUT2D eigenvalue weighted by molar-refractivity contribution is -0.384. The summed E-state index contributed by atoms with van der Waals surface area (Å²) in [4.78, 5) is 49.1. The number of anilines is 1. The number of carbonyl (C=O) groups excluding carboxylic acids is 3. The summed E-state index contributed by atoms with van der Waals surface area (Å²) in [5, 5.41) is 13.1. The molecule has 0 spiro atoms. The van der Waals surface area contributed by atoms with E-state index >= 15 is 0 Å². The van der Waals surface area contributed by atoms with Crippen molar-refractivity contribution in [3.8, 4) is 0 Å². The highest BCUT2D eigenvalue weighted by Crippen LogP contribution is 2.26. The summed E-state index contributed by atoms with van der Waals surface area (Å²) in [5.74, 6) is -1.36. The highest BCUT2D eigenvalue weighted by Gasteiger charge is 2.25. The zero-order valence-corrected chi connectivity index (χ0v) is 15.6. The van der Waals surface area contributed by atoms with Crippen molar-refractivity contribution in [2.75, 3.05) is 38.5 Å². The van der Waals surface area contributed by atoms with Gasteiger partial charge in [-0.05, 0) is 13.0 Å². The van der Waals surface area contributed by atoms with Gasteiger partial charge in [0.1, 0.15) is 0 Å². The van der Waals surface area contributed by atoms with Gasteiger partial charge in [-0.15, -0.1) is 0 Å². The number of hydrogen-bond acceptors (Lipinski definition) is 7. The van der Waals surface area contributed by atoms with Crippen molar-refractivity contribution in [1.29, 1.82) is 0 Å². The molecule has 146 valence electrons. The lowest BCUT2D eigenvalue weighted by atomic mass is 10.2. The van der Waals surface area contributed by atoms with Crippen LogP contribution in [0.3, 0.4) is 0 Å². The molecule has 0 aliphatic carbocycles. The standard InChI is InChI=1S/C16H19ClN4O6/c1-10(27-15(23)9-20-6-5-19(2)14(22)8-20)16(24)18-13-4-3-11(21(25)26)7-12(13)17/h3-4,7,10H,5-6,8-9H2,1-2H3,(H,18,24). The van der Waals surface area contributed by atoms with Crippen LogP contribution in [0.25, 0.3) is 0 Å². The van der Waals surface area contributed by atoms with E-state index in [4.69, 9.17) is 16.3 Å². The Kier molecular flexibility index (Phi) is 6.70. The van der Waals surface area contributed by atoms with Crippen molar-refractivity contribution in [1.82, 2.24) is 9.80 Å². The van der Waals surface area contributed by atoms with Crippen LogP contribution >= 0.6 is 11.6 Å². The van der Waals surface area contributed by atoms with Crippen LogP contribution in [0.1, 0.15) is 6.92 Å². The van der Waals surface area contributed by atoms with Gasteiger partial charge in [0.05, 0.1) is 28.7 Å². The van der Waals surface area contributed by atoms with E-state index in [1.165, 1.54) is 19.1 Å². The molecular weight excluding hydrogens is 380 g/mol. The molecule has 1 aliphatic rings. The van der Waals surface area contributed by atoms with Crippen molar-refractivity contribution in [2.24, 2.45) is 0 Å². The molecule has 1 heterocycles. The van der Waals surface area contributed by atoms with Crippen LogP contribution in [0.4, 0.5) is 11.4 Å². The monoisotopic (exact) mass is 398 g/mol. The van der Waals surface area contributed by atoms with E-state index in [-0.39, 0.29) is 35.4 Å². The molecule has 1 aromatic rings. The molecule has 2 amide bonds. The lowest BCUT2D eigenvalue weighted by Crippen LogP contribution is -2.50. The fourth-order valence-corrected chi connectivity index (χ4v) is 2.59. The Morgan fingerprint density at radius 3 is 2.70 bits per heavy atom. The number of non-ortho nitro benzene ring substituents is 1. The minimum atomic E-state index is -1.10. The summed E-state index contributed by atoms with van der Waals surface area (Å²) in [7, 11) is 1.69. The van der Waals surface area contributed by atoms with Gasteiger partial charge in [-0.1, -0.05) is 11.6 Å². The van der Waals surface area contributed by atoms with Gasteiger partial charge >= 0.3 is 5.97 Å².